The molecule has 9 aromatic rings. The molecule has 0 amide bonds. The number of hydrogen-bond donors (Lipinski definition) is 0. The topological polar surface area (TPSA) is 43.9 Å². The van der Waals surface area contributed by atoms with Crippen LogP contribution in [0.4, 0.5) is 0 Å². The van der Waals surface area contributed by atoms with E-state index in [1.54, 1.807) is 0 Å². The summed E-state index contributed by atoms with van der Waals surface area (Å²) in [5, 5.41) is 11.2. The van der Waals surface area contributed by atoms with Gasteiger partial charge in [-0.25, -0.2) is 0 Å². The molecule has 0 aliphatic carbocycles. The summed E-state index contributed by atoms with van der Waals surface area (Å²) in [6.45, 7) is 2.10. The van der Waals surface area contributed by atoms with Crippen LogP contribution in [0.15, 0.2) is 174 Å². The van der Waals surface area contributed by atoms with E-state index in [0.29, 0.717) is 11.8 Å². The van der Waals surface area contributed by atoms with Gasteiger partial charge in [-0.1, -0.05) is 115 Å². The highest BCUT2D eigenvalue weighted by Crippen LogP contribution is 2.37. The Kier molecular flexibility index (Phi) is 6.98. The molecule has 0 radical (unpaired) electrons. The number of fused-ring (bicyclic) bond motifs is 3. The minimum atomic E-state index is 0.492. The highest BCUT2D eigenvalue weighted by Gasteiger charge is 2.16. The molecule has 0 bridgehead atoms. The smallest absolute Gasteiger partial charge is 0.248 e. The molecule has 0 aliphatic heterocycles. The minimum absolute atomic E-state index is 0.492. The Labute approximate surface area is 284 Å². The lowest BCUT2D eigenvalue weighted by molar-refractivity contribution is 0.584. The third-order valence-electron chi connectivity index (χ3n) is 9.29. The van der Waals surface area contributed by atoms with Gasteiger partial charge >= 0.3 is 0 Å². The summed E-state index contributed by atoms with van der Waals surface area (Å²) in [5.74, 6) is 0.992. The molecule has 49 heavy (non-hydrogen) atoms. The average molecular weight is 630 g/mol. The summed E-state index contributed by atoms with van der Waals surface area (Å²) >= 11 is 0. The van der Waals surface area contributed by atoms with Crippen LogP contribution in [0.3, 0.4) is 0 Å². The molecular formula is C45H31N3O. The van der Waals surface area contributed by atoms with Crippen molar-refractivity contribution in [3.05, 3.63) is 175 Å². The van der Waals surface area contributed by atoms with Gasteiger partial charge in [0.25, 0.3) is 0 Å². The Bertz CT molecular complexity index is 2470. The number of rotatable bonds is 6. The van der Waals surface area contributed by atoms with E-state index in [-0.39, 0.29) is 0 Å². The van der Waals surface area contributed by atoms with E-state index in [0.717, 1.165) is 33.4 Å². The second-order valence-electron chi connectivity index (χ2n) is 12.4. The van der Waals surface area contributed by atoms with Crippen LogP contribution in [0.1, 0.15) is 5.56 Å². The third-order valence-corrected chi connectivity index (χ3v) is 9.29. The largest absolute Gasteiger partial charge is 0.416 e. The maximum Gasteiger partial charge on any atom is 0.248 e. The van der Waals surface area contributed by atoms with Crippen molar-refractivity contribution in [3.8, 4) is 62.0 Å². The number of hydrogen-bond acceptors (Lipinski definition) is 3. The van der Waals surface area contributed by atoms with Crippen molar-refractivity contribution in [2.45, 2.75) is 6.92 Å². The quantitative estimate of drug-likeness (QED) is 0.184. The highest BCUT2D eigenvalue weighted by molar-refractivity contribution is 6.11. The number of benzene rings is 7. The maximum absolute atomic E-state index is 6.17. The third kappa shape index (κ3) is 5.30. The van der Waals surface area contributed by atoms with Crippen molar-refractivity contribution < 1.29 is 4.42 Å². The fourth-order valence-corrected chi connectivity index (χ4v) is 6.68. The van der Waals surface area contributed by atoms with Crippen LogP contribution in [0.5, 0.6) is 0 Å². The highest BCUT2D eigenvalue weighted by atomic mass is 16.4. The molecule has 4 heteroatoms. The van der Waals surface area contributed by atoms with Gasteiger partial charge in [-0.05, 0) is 101 Å². The first-order chi connectivity index (χ1) is 24.2. The summed E-state index contributed by atoms with van der Waals surface area (Å²) in [6, 6.07) is 59.8. The molecule has 4 nitrogen and oxygen atoms in total. The predicted octanol–water partition coefficient (Wildman–Crippen LogP) is 11.8. The molecular weight excluding hydrogens is 599 g/mol. The molecule has 9 rings (SSSR count). The van der Waals surface area contributed by atoms with Gasteiger partial charge in [-0.15, -0.1) is 10.2 Å². The molecule has 0 saturated heterocycles. The monoisotopic (exact) mass is 629 g/mol. The second kappa shape index (κ2) is 11.9. The van der Waals surface area contributed by atoms with Crippen molar-refractivity contribution >= 4 is 21.8 Å². The lowest BCUT2D eigenvalue weighted by Crippen LogP contribution is -1.94. The first kappa shape index (κ1) is 28.7. The first-order valence-electron chi connectivity index (χ1n) is 16.5. The number of nitrogens with zero attached hydrogens (tertiary/aromatic N) is 3. The molecule has 0 unspecified atom stereocenters. The normalized spacial score (nSPS) is 11.4. The first-order valence-corrected chi connectivity index (χ1v) is 16.5. The Hall–Kier alpha value is -6.52. The van der Waals surface area contributed by atoms with E-state index < -0.39 is 0 Å². The fraction of sp³-hybridized carbons (Fsp3) is 0.0222. The maximum atomic E-state index is 6.17. The van der Waals surface area contributed by atoms with Crippen molar-refractivity contribution in [2.75, 3.05) is 0 Å². The zero-order valence-corrected chi connectivity index (χ0v) is 26.9. The average Bonchev–Trinajstić information content (AvgIpc) is 3.79. The van der Waals surface area contributed by atoms with E-state index in [2.05, 4.69) is 179 Å². The zero-order valence-electron chi connectivity index (χ0n) is 26.9. The van der Waals surface area contributed by atoms with Crippen molar-refractivity contribution in [1.29, 1.82) is 0 Å². The van der Waals surface area contributed by atoms with Crippen molar-refractivity contribution in [2.24, 2.45) is 0 Å². The van der Waals surface area contributed by atoms with E-state index in [4.69, 9.17) is 4.42 Å². The summed E-state index contributed by atoms with van der Waals surface area (Å²) in [6.07, 6.45) is 0. The van der Waals surface area contributed by atoms with Gasteiger partial charge in [0.05, 0.1) is 11.0 Å². The van der Waals surface area contributed by atoms with Gasteiger partial charge in [-0.2, -0.15) is 0 Å². The zero-order chi connectivity index (χ0) is 32.7. The van der Waals surface area contributed by atoms with Gasteiger partial charge < -0.3 is 8.98 Å². The summed E-state index contributed by atoms with van der Waals surface area (Å²) in [5.41, 5.74) is 13.5. The van der Waals surface area contributed by atoms with Gasteiger partial charge in [-0.3, -0.25) is 0 Å². The van der Waals surface area contributed by atoms with Crippen LogP contribution < -0.4 is 0 Å². The molecule has 232 valence electrons. The molecule has 0 fully saturated rings. The summed E-state index contributed by atoms with van der Waals surface area (Å²) in [4.78, 5) is 0. The summed E-state index contributed by atoms with van der Waals surface area (Å²) < 4.78 is 8.51. The van der Waals surface area contributed by atoms with Crippen LogP contribution in [-0.4, -0.2) is 14.8 Å². The van der Waals surface area contributed by atoms with E-state index in [9.17, 15) is 0 Å². The standard InChI is InChI=1S/C45H31N3O/c1-30-12-14-33(15-13-30)34-16-18-35(19-17-34)44-46-47-45(49-44)36-20-24-39(25-21-36)48-42-26-22-37(31-8-4-2-5-9-31)28-40(42)41-29-38(23-27-43(41)48)32-10-6-3-7-11-32/h2-29H,1H3. The molecule has 0 N–H and O–H groups in total. The van der Waals surface area contributed by atoms with Gasteiger partial charge in [0, 0.05) is 27.6 Å². The minimum Gasteiger partial charge on any atom is -0.416 e. The Morgan fingerprint density at radius 3 is 1.27 bits per heavy atom. The van der Waals surface area contributed by atoms with E-state index in [1.165, 1.54) is 44.2 Å². The predicted molar refractivity (Wildman–Crippen MR) is 201 cm³/mol. The van der Waals surface area contributed by atoms with Crippen LogP contribution >= 0.6 is 0 Å². The van der Waals surface area contributed by atoms with E-state index in [1.807, 2.05) is 12.1 Å². The Morgan fingerprint density at radius 1 is 0.388 bits per heavy atom. The molecule has 0 spiro atoms. The number of aryl methyl sites for hydroxylation is 1. The van der Waals surface area contributed by atoms with E-state index >= 15 is 0 Å². The molecule has 2 heterocycles. The van der Waals surface area contributed by atoms with Crippen molar-refractivity contribution in [1.82, 2.24) is 14.8 Å². The van der Waals surface area contributed by atoms with Crippen molar-refractivity contribution in [3.63, 3.8) is 0 Å². The SMILES string of the molecule is Cc1ccc(-c2ccc(-c3nnc(-c4ccc(-n5c6ccc(-c7ccccc7)cc6c6cc(-c7ccccc7)ccc65)cc4)o3)cc2)cc1. The molecule has 0 aliphatic rings. The Morgan fingerprint density at radius 2 is 0.776 bits per heavy atom. The van der Waals surface area contributed by atoms with Crippen LogP contribution in [0, 0.1) is 6.92 Å². The molecule has 2 aromatic heterocycles. The van der Waals surface area contributed by atoms with Gasteiger partial charge in [0.2, 0.25) is 11.8 Å². The molecule has 7 aromatic carbocycles. The van der Waals surface area contributed by atoms with Gasteiger partial charge in [0.1, 0.15) is 0 Å². The van der Waals surface area contributed by atoms with Crippen LogP contribution in [0.2, 0.25) is 0 Å². The Balaban J connectivity index is 1.07. The lowest BCUT2D eigenvalue weighted by Gasteiger charge is -2.09. The second-order valence-corrected chi connectivity index (χ2v) is 12.4. The lowest BCUT2D eigenvalue weighted by atomic mass is 10.0. The number of aromatic nitrogens is 3. The molecule has 0 atom stereocenters. The summed E-state index contributed by atoms with van der Waals surface area (Å²) in [7, 11) is 0. The fourth-order valence-electron chi connectivity index (χ4n) is 6.68. The van der Waals surface area contributed by atoms with Gasteiger partial charge in [0.15, 0.2) is 0 Å². The van der Waals surface area contributed by atoms with Crippen LogP contribution in [-0.2, 0) is 0 Å². The van der Waals surface area contributed by atoms with Crippen LogP contribution in [0.25, 0.3) is 83.8 Å². The molecule has 0 saturated carbocycles.